The normalized spacial score (nSPS) is 17.0. The molecule has 303 valence electrons. The van der Waals surface area contributed by atoms with Gasteiger partial charge in [-0.05, 0) is 70.3 Å². The first kappa shape index (κ1) is 27.7. The van der Waals surface area contributed by atoms with Crippen LogP contribution in [0.25, 0.3) is 67.0 Å². The molecule has 0 saturated carbocycles. The van der Waals surface area contributed by atoms with Crippen LogP contribution in [0.3, 0.4) is 0 Å². The Morgan fingerprint density at radius 3 is 2.10 bits per heavy atom. The molecule has 0 atom stereocenters. The minimum absolute atomic E-state index is 0. The van der Waals surface area contributed by atoms with Crippen molar-refractivity contribution < 1.29 is 45.1 Å². The van der Waals surface area contributed by atoms with E-state index in [1.807, 2.05) is 106 Å². The first-order valence-electron chi connectivity index (χ1n) is 26.5. The summed E-state index contributed by atoms with van der Waals surface area (Å²) in [6.07, 6.45) is -6.33. The van der Waals surface area contributed by atoms with Crippen LogP contribution < -0.4 is 5.19 Å². The second kappa shape index (κ2) is 18.1. The molecule has 59 heavy (non-hydrogen) atoms. The molecule has 0 fully saturated rings. The Morgan fingerprint density at radius 2 is 1.46 bits per heavy atom. The maximum atomic E-state index is 8.90. The molecule has 1 radical (unpaired) electrons. The standard InChI is InChI=1S/C28H25N2O.C25H30NSi.Ir/c1-4-28(3,5-2)20-16-17-29-25(18-20)23-13-9-12-21-22-14-15-24(19-10-7-6-8-11-19)30-27(22)31-26(21)23;1-25(2,3)17-22-16-23(26-18-24(22)27(4,5)6)21-14-12-20(13-15-21)19-10-8-7-9-11-19;/h6-12,14-18H,4-5H2,1-3H3;7-14,16,18H,17H2,1-6H3;/q2*-1;/i1D3,2D3,3D3,4D2,5D2;17D2;. The summed E-state index contributed by atoms with van der Waals surface area (Å²) < 4.78 is 130. The molecule has 0 unspecified atom stereocenters. The van der Waals surface area contributed by atoms with Crippen LogP contribution in [0.1, 0.15) is 85.8 Å². The fourth-order valence-corrected chi connectivity index (χ4v) is 8.05. The molecule has 0 aliphatic carbocycles. The van der Waals surface area contributed by atoms with Gasteiger partial charge < -0.3 is 14.4 Å². The predicted molar refractivity (Wildman–Crippen MR) is 247 cm³/mol. The molecule has 0 saturated heterocycles. The topological polar surface area (TPSA) is 51.8 Å². The summed E-state index contributed by atoms with van der Waals surface area (Å²) in [5.41, 5.74) is 1.82. The minimum atomic E-state index is -3.91. The van der Waals surface area contributed by atoms with E-state index in [0.29, 0.717) is 16.5 Å². The van der Waals surface area contributed by atoms with Crippen LogP contribution >= 0.6 is 0 Å². The van der Waals surface area contributed by atoms with E-state index >= 15 is 0 Å². The van der Waals surface area contributed by atoms with Crippen molar-refractivity contribution in [1.82, 2.24) is 15.0 Å². The predicted octanol–water partition coefficient (Wildman–Crippen LogP) is 13.9. The van der Waals surface area contributed by atoms with Gasteiger partial charge in [-0.1, -0.05) is 161 Å². The Balaban J connectivity index is 0.000000258. The molecule has 4 aromatic carbocycles. The summed E-state index contributed by atoms with van der Waals surface area (Å²) in [5.74, 6) is 0. The third-order valence-corrected chi connectivity index (χ3v) is 11.6. The molecule has 0 N–H and O–H groups in total. The van der Waals surface area contributed by atoms with Gasteiger partial charge in [0.2, 0.25) is 5.71 Å². The number of benzene rings is 4. The molecule has 0 bridgehead atoms. The zero-order valence-electron chi connectivity index (χ0n) is 48.8. The molecular formula is C53H55IrN3OSi-2. The molecule has 4 aromatic heterocycles. The average molecular weight is 985 g/mol. The van der Waals surface area contributed by atoms with Crippen LogP contribution in [0.4, 0.5) is 0 Å². The number of aromatic nitrogens is 3. The van der Waals surface area contributed by atoms with Crippen LogP contribution in [0.5, 0.6) is 0 Å². The van der Waals surface area contributed by atoms with Gasteiger partial charge in [-0.15, -0.1) is 48.0 Å². The molecule has 0 aliphatic heterocycles. The summed E-state index contributed by atoms with van der Waals surface area (Å²) >= 11 is 0. The van der Waals surface area contributed by atoms with Crippen molar-refractivity contribution in [1.29, 1.82) is 0 Å². The monoisotopic (exact) mass is 985 g/mol. The molecule has 8 aromatic rings. The van der Waals surface area contributed by atoms with Gasteiger partial charge in [0.1, 0.15) is 0 Å². The van der Waals surface area contributed by atoms with Gasteiger partial charge in [0.15, 0.2) is 0 Å². The van der Waals surface area contributed by atoms with E-state index in [4.69, 9.17) is 30.0 Å². The first-order chi connectivity index (χ1) is 33.7. The van der Waals surface area contributed by atoms with Gasteiger partial charge in [0.25, 0.3) is 0 Å². The number of nitrogens with zero attached hydrogens (tertiary/aromatic N) is 3. The zero-order chi connectivity index (χ0) is 54.0. The second-order valence-electron chi connectivity index (χ2n) is 16.1. The SMILES string of the molecule is [2H]C([2H])([2H])C([2H])([2H])C(c1ccnc(-c2[c-]ccc3c2oc2nc(-c4ccccc4)ccc23)c1)(C([2H])([2H])[2H])C([2H])([2H])C([2H])([2H])[2H].[2H]C([2H])(c1cc(-c2[c-]cc(-c3ccccc3)cc2)ncc1[Si](C)(C)C)C(C)(C)C.[Ir]. The van der Waals surface area contributed by atoms with Crippen molar-refractivity contribution in [3.8, 4) is 44.9 Å². The Bertz CT molecular complexity index is 3230. The first-order valence-corrected chi connectivity index (χ1v) is 22.5. The molecule has 0 amide bonds. The summed E-state index contributed by atoms with van der Waals surface area (Å²) in [6.45, 7) is 1.29. The summed E-state index contributed by atoms with van der Waals surface area (Å²) in [6, 6.07) is 42.8. The second-order valence-corrected chi connectivity index (χ2v) is 21.2. The van der Waals surface area contributed by atoms with Gasteiger partial charge in [0.05, 0.1) is 19.4 Å². The van der Waals surface area contributed by atoms with Crippen molar-refractivity contribution in [3.05, 3.63) is 157 Å². The van der Waals surface area contributed by atoms with E-state index in [1.54, 1.807) is 12.1 Å². The molecule has 0 spiro atoms. The number of pyridine rings is 3. The van der Waals surface area contributed by atoms with E-state index < -0.39 is 64.1 Å². The van der Waals surface area contributed by atoms with E-state index in [0.717, 1.165) is 57.0 Å². The largest absolute Gasteiger partial charge is 0.486 e. The maximum absolute atomic E-state index is 8.90. The number of hydrogen-bond donors (Lipinski definition) is 0. The Hall–Kier alpha value is -5.00. The number of rotatable bonds is 9. The van der Waals surface area contributed by atoms with Gasteiger partial charge in [0, 0.05) is 64.0 Å². The molecule has 0 aliphatic rings. The maximum Gasteiger partial charge on any atom is 0.216 e. The summed E-state index contributed by atoms with van der Waals surface area (Å²) in [7, 11) is -1.76. The smallest absolute Gasteiger partial charge is 0.216 e. The van der Waals surface area contributed by atoms with E-state index in [1.165, 1.54) is 0 Å². The van der Waals surface area contributed by atoms with Crippen molar-refractivity contribution in [3.63, 3.8) is 0 Å². The molecule has 4 nitrogen and oxygen atoms in total. The third-order valence-electron chi connectivity index (χ3n) is 9.61. The zero-order valence-corrected chi connectivity index (χ0v) is 37.2. The van der Waals surface area contributed by atoms with Crippen LogP contribution in [-0.2, 0) is 31.9 Å². The van der Waals surface area contributed by atoms with Gasteiger partial charge in [-0.2, -0.15) is 0 Å². The molecule has 4 heterocycles. The van der Waals surface area contributed by atoms with Crippen molar-refractivity contribution in [2.45, 2.75) is 85.5 Å². The minimum Gasteiger partial charge on any atom is -0.486 e. The van der Waals surface area contributed by atoms with E-state index in [9.17, 15) is 0 Å². The quantitative estimate of drug-likeness (QED) is 0.107. The Labute approximate surface area is 387 Å². The van der Waals surface area contributed by atoms with Crippen molar-refractivity contribution in [2.75, 3.05) is 0 Å². The summed E-state index contributed by atoms with van der Waals surface area (Å²) in [4.78, 5) is 13.6. The number of furan rings is 1. The number of hydrogen-bond acceptors (Lipinski definition) is 4. The van der Waals surface area contributed by atoms with Crippen LogP contribution in [0.15, 0.2) is 138 Å². The van der Waals surface area contributed by atoms with E-state index in [-0.39, 0.29) is 42.7 Å². The molecule has 8 rings (SSSR count). The summed E-state index contributed by atoms with van der Waals surface area (Å²) in [5, 5.41) is 2.31. The van der Waals surface area contributed by atoms with Gasteiger partial charge in [-0.3, -0.25) is 0 Å². The average Bonchev–Trinajstić information content (AvgIpc) is 3.69. The Morgan fingerprint density at radius 1 is 0.729 bits per heavy atom. The molecule has 6 heteroatoms. The molecular weight excluding hydrogens is 915 g/mol. The van der Waals surface area contributed by atoms with Crippen LogP contribution in [-0.4, -0.2) is 23.0 Å². The van der Waals surface area contributed by atoms with E-state index in [2.05, 4.69) is 59.9 Å². The van der Waals surface area contributed by atoms with Crippen molar-refractivity contribution >= 4 is 35.3 Å². The van der Waals surface area contributed by atoms with Gasteiger partial charge >= 0.3 is 0 Å². The van der Waals surface area contributed by atoms with Crippen LogP contribution in [0.2, 0.25) is 19.6 Å². The van der Waals surface area contributed by atoms with Gasteiger partial charge in [-0.25, -0.2) is 4.98 Å². The fraction of sp³-hybridized carbons (Fsp3) is 0.264. The number of fused-ring (bicyclic) bond motifs is 3. The Kier molecular flexibility index (Phi) is 8.49. The fourth-order valence-electron chi connectivity index (χ4n) is 6.66. The third kappa shape index (κ3) is 9.90. The van der Waals surface area contributed by atoms with Crippen molar-refractivity contribution in [2.24, 2.45) is 5.41 Å². The van der Waals surface area contributed by atoms with Crippen LogP contribution in [0, 0.1) is 17.5 Å².